The Morgan fingerprint density at radius 2 is 1.68 bits per heavy atom. The predicted octanol–water partition coefficient (Wildman–Crippen LogP) is 3.85. The molecule has 1 amide bonds. The summed E-state index contributed by atoms with van der Waals surface area (Å²) in [5.74, 6) is -0.574. The third-order valence-electron chi connectivity index (χ3n) is 3.59. The average molecular weight is 300 g/mol. The van der Waals surface area contributed by atoms with Gasteiger partial charge < -0.3 is 10.2 Å². The number of amides is 1. The molecule has 0 spiro atoms. The second-order valence-corrected chi connectivity index (χ2v) is 5.04. The van der Waals surface area contributed by atoms with Crippen LogP contribution in [0.1, 0.15) is 19.4 Å². The first-order chi connectivity index (χ1) is 10.6. The lowest BCUT2D eigenvalue weighted by Crippen LogP contribution is -2.21. The molecule has 0 heterocycles. The Morgan fingerprint density at radius 3 is 2.27 bits per heavy atom. The normalized spacial score (nSPS) is 10.3. The van der Waals surface area contributed by atoms with Gasteiger partial charge in [-0.2, -0.15) is 0 Å². The molecule has 1 N–H and O–H groups in total. The highest BCUT2D eigenvalue weighted by Crippen LogP contribution is 2.18. The van der Waals surface area contributed by atoms with Gasteiger partial charge in [0.05, 0.1) is 6.42 Å². The van der Waals surface area contributed by atoms with E-state index in [9.17, 15) is 9.18 Å². The van der Waals surface area contributed by atoms with E-state index in [-0.39, 0.29) is 18.1 Å². The Balaban J connectivity index is 1.99. The number of hydrogen-bond acceptors (Lipinski definition) is 2. The Morgan fingerprint density at radius 1 is 1.05 bits per heavy atom. The molecule has 2 rings (SSSR count). The van der Waals surface area contributed by atoms with E-state index in [1.165, 1.54) is 6.07 Å². The predicted molar refractivity (Wildman–Crippen MR) is 88.7 cm³/mol. The van der Waals surface area contributed by atoms with Crippen LogP contribution in [0.2, 0.25) is 0 Å². The quantitative estimate of drug-likeness (QED) is 0.878. The molecule has 0 bridgehead atoms. The molecular weight excluding hydrogens is 279 g/mol. The van der Waals surface area contributed by atoms with Crippen LogP contribution in [0.4, 0.5) is 15.8 Å². The lowest BCUT2D eigenvalue weighted by atomic mass is 10.1. The Bertz CT molecular complexity index is 621. The van der Waals surface area contributed by atoms with Gasteiger partial charge in [0.2, 0.25) is 5.91 Å². The smallest absolute Gasteiger partial charge is 0.228 e. The van der Waals surface area contributed by atoms with E-state index in [4.69, 9.17) is 0 Å². The Kier molecular flexibility index (Phi) is 5.53. The van der Waals surface area contributed by atoms with Gasteiger partial charge >= 0.3 is 0 Å². The molecule has 2 aromatic rings. The summed E-state index contributed by atoms with van der Waals surface area (Å²) in [5, 5.41) is 2.80. The first-order valence-corrected chi connectivity index (χ1v) is 7.52. The molecule has 0 aromatic heterocycles. The van der Waals surface area contributed by atoms with Crippen molar-refractivity contribution in [2.45, 2.75) is 20.3 Å². The first-order valence-electron chi connectivity index (χ1n) is 7.52. The molecule has 0 saturated heterocycles. The fourth-order valence-electron chi connectivity index (χ4n) is 2.36. The molecule has 22 heavy (non-hydrogen) atoms. The van der Waals surface area contributed by atoms with Crippen molar-refractivity contribution >= 4 is 17.3 Å². The standard InChI is InChI=1S/C18H21FN2O/c1-3-21(4-2)16-11-9-15(10-12-16)20-18(22)13-14-7-5-6-8-17(14)19/h5-12H,3-4,13H2,1-2H3,(H,20,22). The van der Waals surface area contributed by atoms with Crippen LogP contribution in [0.15, 0.2) is 48.5 Å². The molecule has 0 fully saturated rings. The van der Waals surface area contributed by atoms with E-state index in [1.807, 2.05) is 24.3 Å². The van der Waals surface area contributed by atoms with Crippen molar-refractivity contribution in [1.29, 1.82) is 0 Å². The van der Waals surface area contributed by atoms with Crippen molar-refractivity contribution < 1.29 is 9.18 Å². The molecule has 0 unspecified atom stereocenters. The zero-order valence-electron chi connectivity index (χ0n) is 13.0. The Hall–Kier alpha value is -2.36. The van der Waals surface area contributed by atoms with Crippen molar-refractivity contribution in [2.24, 2.45) is 0 Å². The zero-order valence-corrected chi connectivity index (χ0v) is 13.0. The molecule has 3 nitrogen and oxygen atoms in total. The van der Waals surface area contributed by atoms with E-state index in [2.05, 4.69) is 24.1 Å². The highest BCUT2D eigenvalue weighted by Gasteiger charge is 2.08. The minimum Gasteiger partial charge on any atom is -0.372 e. The van der Waals surface area contributed by atoms with Crippen molar-refractivity contribution in [3.8, 4) is 0 Å². The number of nitrogens with zero attached hydrogens (tertiary/aromatic N) is 1. The summed E-state index contributed by atoms with van der Waals surface area (Å²) < 4.78 is 13.5. The third kappa shape index (κ3) is 4.07. The summed E-state index contributed by atoms with van der Waals surface area (Å²) in [6.45, 7) is 6.09. The summed E-state index contributed by atoms with van der Waals surface area (Å²) in [7, 11) is 0. The molecular formula is C18H21FN2O. The van der Waals surface area contributed by atoms with Gasteiger partial charge in [-0.1, -0.05) is 18.2 Å². The van der Waals surface area contributed by atoms with Gasteiger partial charge in [-0.05, 0) is 49.7 Å². The summed E-state index contributed by atoms with van der Waals surface area (Å²) in [5.41, 5.74) is 2.24. The van der Waals surface area contributed by atoms with Gasteiger partial charge in [0, 0.05) is 24.5 Å². The molecule has 4 heteroatoms. The molecule has 0 atom stereocenters. The number of carbonyl (C=O) groups excluding carboxylic acids is 1. The lowest BCUT2D eigenvalue weighted by Gasteiger charge is -2.21. The highest BCUT2D eigenvalue weighted by molar-refractivity contribution is 5.92. The Labute approximate surface area is 130 Å². The number of benzene rings is 2. The fourth-order valence-corrected chi connectivity index (χ4v) is 2.36. The van der Waals surface area contributed by atoms with Crippen molar-refractivity contribution in [3.63, 3.8) is 0 Å². The van der Waals surface area contributed by atoms with Gasteiger partial charge in [-0.3, -0.25) is 4.79 Å². The third-order valence-corrected chi connectivity index (χ3v) is 3.59. The van der Waals surface area contributed by atoms with Crippen LogP contribution < -0.4 is 10.2 Å². The van der Waals surface area contributed by atoms with Crippen molar-refractivity contribution in [3.05, 3.63) is 59.9 Å². The number of nitrogens with one attached hydrogen (secondary N) is 1. The van der Waals surface area contributed by atoms with E-state index >= 15 is 0 Å². The molecule has 0 aliphatic carbocycles. The topological polar surface area (TPSA) is 32.3 Å². The van der Waals surface area contributed by atoms with Crippen LogP contribution in [0.25, 0.3) is 0 Å². The fraction of sp³-hybridized carbons (Fsp3) is 0.278. The molecule has 0 aliphatic heterocycles. The summed E-state index contributed by atoms with van der Waals surface area (Å²) in [6.07, 6.45) is 0.0322. The van der Waals surface area contributed by atoms with Crippen LogP contribution in [0.3, 0.4) is 0 Å². The zero-order chi connectivity index (χ0) is 15.9. The SMILES string of the molecule is CCN(CC)c1ccc(NC(=O)Cc2ccccc2F)cc1. The number of anilines is 2. The van der Waals surface area contributed by atoms with Crippen LogP contribution in [-0.2, 0) is 11.2 Å². The minimum atomic E-state index is -0.352. The summed E-state index contributed by atoms with van der Waals surface area (Å²) in [6, 6.07) is 14.0. The minimum absolute atomic E-state index is 0.0322. The van der Waals surface area contributed by atoms with Crippen LogP contribution in [0, 0.1) is 5.82 Å². The van der Waals surface area contributed by atoms with Gasteiger partial charge in [0.1, 0.15) is 5.82 Å². The van der Waals surface area contributed by atoms with E-state index in [0.717, 1.165) is 24.5 Å². The summed E-state index contributed by atoms with van der Waals surface area (Å²) in [4.78, 5) is 14.2. The van der Waals surface area contributed by atoms with Gasteiger partial charge in [0.15, 0.2) is 0 Å². The van der Waals surface area contributed by atoms with Gasteiger partial charge in [-0.25, -0.2) is 4.39 Å². The largest absolute Gasteiger partial charge is 0.372 e. The summed E-state index contributed by atoms with van der Waals surface area (Å²) >= 11 is 0. The lowest BCUT2D eigenvalue weighted by molar-refractivity contribution is -0.115. The van der Waals surface area contributed by atoms with Gasteiger partial charge in [0.25, 0.3) is 0 Å². The van der Waals surface area contributed by atoms with Crippen LogP contribution in [-0.4, -0.2) is 19.0 Å². The highest BCUT2D eigenvalue weighted by atomic mass is 19.1. The maximum atomic E-state index is 13.5. The first kappa shape index (κ1) is 16.0. The van der Waals surface area contributed by atoms with Crippen molar-refractivity contribution in [2.75, 3.05) is 23.3 Å². The second kappa shape index (κ2) is 7.59. The number of halogens is 1. The number of carbonyl (C=O) groups is 1. The van der Waals surface area contributed by atoms with E-state index < -0.39 is 0 Å². The van der Waals surface area contributed by atoms with Gasteiger partial charge in [-0.15, -0.1) is 0 Å². The van der Waals surface area contributed by atoms with E-state index in [0.29, 0.717) is 5.56 Å². The molecule has 2 aromatic carbocycles. The molecule has 116 valence electrons. The monoisotopic (exact) mass is 300 g/mol. The van der Waals surface area contributed by atoms with Crippen LogP contribution in [0.5, 0.6) is 0 Å². The molecule has 0 saturated carbocycles. The maximum absolute atomic E-state index is 13.5. The number of hydrogen-bond donors (Lipinski definition) is 1. The number of rotatable bonds is 6. The molecule has 0 aliphatic rings. The van der Waals surface area contributed by atoms with Crippen LogP contribution >= 0.6 is 0 Å². The van der Waals surface area contributed by atoms with Crippen molar-refractivity contribution in [1.82, 2.24) is 0 Å². The maximum Gasteiger partial charge on any atom is 0.228 e. The molecule has 0 radical (unpaired) electrons. The second-order valence-electron chi connectivity index (χ2n) is 5.04. The van der Waals surface area contributed by atoms with E-state index in [1.54, 1.807) is 18.2 Å². The average Bonchev–Trinajstić information content (AvgIpc) is 2.52.